The molecule has 0 atom stereocenters. The number of hydrogen-bond donors (Lipinski definition) is 0. The molecule has 0 fully saturated rings. The van der Waals surface area contributed by atoms with Gasteiger partial charge in [0.25, 0.3) is 0 Å². The number of aromatic nitrogens is 2. The van der Waals surface area contributed by atoms with Crippen LogP contribution in [0.25, 0.3) is 91.5 Å². The Hall–Kier alpha value is -5.77. The van der Waals surface area contributed by atoms with Crippen LogP contribution in [0.15, 0.2) is 152 Å². The van der Waals surface area contributed by atoms with Crippen molar-refractivity contribution in [3.63, 3.8) is 0 Å². The van der Waals surface area contributed by atoms with Crippen LogP contribution in [0.5, 0.6) is 0 Å². The number of benzene rings is 8. The van der Waals surface area contributed by atoms with E-state index >= 15 is 0 Å². The van der Waals surface area contributed by atoms with E-state index < -0.39 is 0 Å². The van der Waals surface area contributed by atoms with E-state index in [4.69, 9.17) is 4.98 Å². The Morgan fingerprint density at radius 1 is 0.521 bits per heavy atom. The van der Waals surface area contributed by atoms with Crippen LogP contribution >= 0.6 is 11.3 Å². The van der Waals surface area contributed by atoms with Gasteiger partial charge in [0.15, 0.2) is 0 Å². The van der Waals surface area contributed by atoms with Crippen molar-refractivity contribution < 1.29 is 0 Å². The highest BCUT2D eigenvalue weighted by Gasteiger charge is 2.18. The van der Waals surface area contributed by atoms with Gasteiger partial charge < -0.3 is 0 Å². The molecule has 0 amide bonds. The zero-order valence-electron chi connectivity index (χ0n) is 26.4. The molecule has 0 N–H and O–H groups in total. The van der Waals surface area contributed by atoms with Gasteiger partial charge in [-0.05, 0) is 91.0 Å². The summed E-state index contributed by atoms with van der Waals surface area (Å²) in [4.78, 5) is 4.92. The number of thiophene rings is 1. The summed E-state index contributed by atoms with van der Waals surface area (Å²) in [6, 6.07) is 55.7. The van der Waals surface area contributed by atoms with Crippen molar-refractivity contribution in [2.75, 3.05) is 0 Å². The van der Waals surface area contributed by atoms with Crippen LogP contribution in [0.3, 0.4) is 0 Å². The van der Waals surface area contributed by atoms with Crippen molar-refractivity contribution in [2.45, 2.75) is 13.3 Å². The van der Waals surface area contributed by atoms with E-state index in [-0.39, 0.29) is 0 Å². The Morgan fingerprint density at radius 3 is 1.83 bits per heavy atom. The van der Waals surface area contributed by atoms with Crippen LogP contribution in [-0.4, -0.2) is 9.55 Å². The molecule has 0 saturated heterocycles. The maximum Gasteiger partial charge on any atom is 0.114 e. The smallest absolute Gasteiger partial charge is 0.114 e. The number of imidazole rings is 1. The molecule has 0 aliphatic carbocycles. The molecule has 3 heteroatoms. The normalized spacial score (nSPS) is 11.9. The van der Waals surface area contributed by atoms with E-state index in [1.807, 2.05) is 11.3 Å². The van der Waals surface area contributed by atoms with Crippen LogP contribution in [0.2, 0.25) is 0 Å². The maximum absolute atomic E-state index is 4.92. The molecular formula is C45H30N2S. The number of aryl methyl sites for hydroxylation is 1. The van der Waals surface area contributed by atoms with Crippen LogP contribution in [0.4, 0.5) is 0 Å². The van der Waals surface area contributed by atoms with Crippen LogP contribution in [0, 0.1) is 0 Å². The number of fused-ring (bicyclic) bond motifs is 8. The third-order valence-electron chi connectivity index (χ3n) is 9.94. The van der Waals surface area contributed by atoms with E-state index in [1.54, 1.807) is 0 Å². The number of nitrogens with zero attached hydrogens (tertiary/aromatic N) is 2. The largest absolute Gasteiger partial charge is 0.296 e. The molecule has 0 radical (unpaired) electrons. The third-order valence-corrected chi connectivity index (χ3v) is 11.2. The standard InChI is InChI=1S/C45H30N2S/c1-2-42-46-39-17-9-10-18-40(39)47(42)31-23-19-29(20-24-31)43-33-13-5-7-15-35(33)44(36-16-8-6-14-34(36)43)30-22-26-41-38(27-30)37-25-21-28-11-3-4-12-32(28)45(37)48-41/h3-27H,2H2,1H3. The number of hydrogen-bond acceptors (Lipinski definition) is 2. The zero-order chi connectivity index (χ0) is 31.8. The van der Waals surface area contributed by atoms with Gasteiger partial charge in [0.05, 0.1) is 11.0 Å². The summed E-state index contributed by atoms with van der Waals surface area (Å²) in [6.45, 7) is 2.17. The van der Waals surface area contributed by atoms with Crippen molar-refractivity contribution in [3.05, 3.63) is 157 Å². The molecule has 48 heavy (non-hydrogen) atoms. The van der Waals surface area contributed by atoms with Crippen molar-refractivity contribution >= 4 is 74.9 Å². The minimum absolute atomic E-state index is 0.872. The molecule has 2 aromatic heterocycles. The Balaban J connectivity index is 1.19. The van der Waals surface area contributed by atoms with Gasteiger partial charge in [-0.15, -0.1) is 11.3 Å². The lowest BCUT2D eigenvalue weighted by Gasteiger charge is -2.18. The van der Waals surface area contributed by atoms with Crippen LogP contribution in [-0.2, 0) is 6.42 Å². The molecule has 8 aromatic carbocycles. The molecule has 0 saturated carbocycles. The Kier molecular flexibility index (Phi) is 6.06. The lowest BCUT2D eigenvalue weighted by Crippen LogP contribution is -2.00. The van der Waals surface area contributed by atoms with E-state index in [2.05, 4.69) is 163 Å². The third kappa shape index (κ3) is 4.01. The Labute approximate surface area is 282 Å². The highest BCUT2D eigenvalue weighted by molar-refractivity contribution is 7.26. The number of rotatable bonds is 4. The summed E-state index contributed by atoms with van der Waals surface area (Å²) < 4.78 is 4.99. The van der Waals surface area contributed by atoms with E-state index in [0.29, 0.717) is 0 Å². The van der Waals surface area contributed by atoms with Crippen LogP contribution in [0.1, 0.15) is 12.7 Å². The summed E-state index contributed by atoms with van der Waals surface area (Å²) in [5, 5.41) is 10.4. The van der Waals surface area contributed by atoms with Gasteiger partial charge >= 0.3 is 0 Å². The summed E-state index contributed by atoms with van der Waals surface area (Å²) in [7, 11) is 0. The second-order valence-electron chi connectivity index (χ2n) is 12.6. The van der Waals surface area contributed by atoms with E-state index in [9.17, 15) is 0 Å². The second-order valence-corrected chi connectivity index (χ2v) is 13.6. The van der Waals surface area contributed by atoms with Crippen LogP contribution < -0.4 is 0 Å². The van der Waals surface area contributed by atoms with E-state index in [0.717, 1.165) is 29.0 Å². The van der Waals surface area contributed by atoms with Crippen molar-refractivity contribution in [2.24, 2.45) is 0 Å². The first-order valence-electron chi connectivity index (χ1n) is 16.6. The van der Waals surface area contributed by atoms with Gasteiger partial charge in [-0.2, -0.15) is 0 Å². The van der Waals surface area contributed by atoms with Gasteiger partial charge in [0, 0.05) is 32.3 Å². The molecule has 0 aliphatic heterocycles. The zero-order valence-corrected chi connectivity index (χ0v) is 27.3. The fraction of sp³-hybridized carbons (Fsp3) is 0.0444. The van der Waals surface area contributed by atoms with Gasteiger partial charge in [-0.25, -0.2) is 4.98 Å². The second kappa shape index (κ2) is 10.6. The highest BCUT2D eigenvalue weighted by atomic mass is 32.1. The monoisotopic (exact) mass is 630 g/mol. The summed E-state index contributed by atoms with van der Waals surface area (Å²) >= 11 is 1.90. The first-order chi connectivity index (χ1) is 23.8. The highest BCUT2D eigenvalue weighted by Crippen LogP contribution is 2.46. The first-order valence-corrected chi connectivity index (χ1v) is 17.4. The fourth-order valence-electron chi connectivity index (χ4n) is 7.79. The predicted molar refractivity (Wildman–Crippen MR) is 207 cm³/mol. The lowest BCUT2D eigenvalue weighted by atomic mass is 9.85. The Morgan fingerprint density at radius 2 is 1.12 bits per heavy atom. The average molecular weight is 631 g/mol. The topological polar surface area (TPSA) is 17.8 Å². The van der Waals surface area contributed by atoms with Gasteiger partial charge in [0.1, 0.15) is 5.82 Å². The van der Waals surface area contributed by atoms with Crippen molar-refractivity contribution in [1.82, 2.24) is 9.55 Å². The van der Waals surface area contributed by atoms with Gasteiger partial charge in [-0.3, -0.25) is 4.57 Å². The molecular weight excluding hydrogens is 601 g/mol. The summed E-state index contributed by atoms with van der Waals surface area (Å²) in [6.07, 6.45) is 0.872. The Bertz CT molecular complexity index is 2820. The minimum atomic E-state index is 0.872. The van der Waals surface area contributed by atoms with Gasteiger partial charge in [0.2, 0.25) is 0 Å². The van der Waals surface area contributed by atoms with Crippen molar-refractivity contribution in [3.8, 4) is 27.9 Å². The quantitative estimate of drug-likeness (QED) is 0.177. The fourth-order valence-corrected chi connectivity index (χ4v) is 9.01. The number of para-hydroxylation sites is 2. The first kappa shape index (κ1) is 27.4. The average Bonchev–Trinajstić information content (AvgIpc) is 3.72. The lowest BCUT2D eigenvalue weighted by molar-refractivity contribution is 0.908. The predicted octanol–water partition coefficient (Wildman–Crippen LogP) is 12.7. The minimum Gasteiger partial charge on any atom is -0.296 e. The molecule has 2 nitrogen and oxygen atoms in total. The molecule has 226 valence electrons. The summed E-state index contributed by atoms with van der Waals surface area (Å²) in [5.41, 5.74) is 8.35. The molecule has 0 unspecified atom stereocenters. The molecule has 0 bridgehead atoms. The molecule has 0 spiro atoms. The van der Waals surface area contributed by atoms with E-state index in [1.165, 1.54) is 74.7 Å². The van der Waals surface area contributed by atoms with Gasteiger partial charge in [-0.1, -0.05) is 122 Å². The molecule has 0 aliphatic rings. The molecule has 2 heterocycles. The SMILES string of the molecule is CCc1nc2ccccc2n1-c1ccc(-c2c3ccccc3c(-c3ccc4sc5c6ccccc6ccc5c4c3)c3ccccc23)cc1. The summed E-state index contributed by atoms with van der Waals surface area (Å²) in [5.74, 6) is 1.08. The molecule has 10 aromatic rings. The molecule has 10 rings (SSSR count). The maximum atomic E-state index is 4.92. The van der Waals surface area contributed by atoms with Crippen molar-refractivity contribution in [1.29, 1.82) is 0 Å².